The van der Waals surface area contributed by atoms with Gasteiger partial charge in [-0.05, 0) is 43.7 Å². The molecule has 160 valence electrons. The van der Waals surface area contributed by atoms with E-state index in [0.717, 1.165) is 45.7 Å². The third-order valence-electron chi connectivity index (χ3n) is 4.92. The summed E-state index contributed by atoms with van der Waals surface area (Å²) in [6.45, 7) is 1.93. The molecule has 0 atom stereocenters. The van der Waals surface area contributed by atoms with E-state index in [1.165, 1.54) is 0 Å². The lowest BCUT2D eigenvalue weighted by Gasteiger charge is -2.09. The topological polar surface area (TPSA) is 95.7 Å². The van der Waals surface area contributed by atoms with E-state index in [2.05, 4.69) is 29.9 Å². The van der Waals surface area contributed by atoms with Crippen molar-refractivity contribution in [2.45, 2.75) is 24.9 Å². The molecule has 0 amide bonds. The highest BCUT2D eigenvalue weighted by Crippen LogP contribution is 2.30. The van der Waals surface area contributed by atoms with Gasteiger partial charge in [0.1, 0.15) is 5.76 Å². The summed E-state index contributed by atoms with van der Waals surface area (Å²) in [5, 5.41) is 13.8. The number of nitrogens with zero attached hydrogens (tertiary/aromatic N) is 6. The third-order valence-corrected chi connectivity index (χ3v) is 5.94. The molecule has 0 unspecified atom stereocenters. The molecule has 0 spiro atoms. The predicted molar refractivity (Wildman–Crippen MR) is 120 cm³/mol. The number of hydrogen-bond acceptors (Lipinski definition) is 8. The molecule has 8 nitrogen and oxygen atoms in total. The molecule has 0 aliphatic carbocycles. The van der Waals surface area contributed by atoms with Crippen molar-refractivity contribution in [3.8, 4) is 28.5 Å². The largest absolute Gasteiger partial charge is 0.469 e. The summed E-state index contributed by atoms with van der Waals surface area (Å²) in [7, 11) is 0. The highest BCUT2D eigenvalue weighted by Gasteiger charge is 2.19. The zero-order valence-corrected chi connectivity index (χ0v) is 18.2. The van der Waals surface area contributed by atoms with Crippen molar-refractivity contribution in [1.29, 1.82) is 0 Å². The minimum absolute atomic E-state index is 0.582. The van der Waals surface area contributed by atoms with Crippen LogP contribution in [0.1, 0.15) is 18.1 Å². The van der Waals surface area contributed by atoms with E-state index in [1.807, 2.05) is 55.5 Å². The minimum Gasteiger partial charge on any atom is -0.469 e. The molecule has 9 heteroatoms. The second-order valence-corrected chi connectivity index (χ2v) is 8.13. The molecule has 0 fully saturated rings. The first-order chi connectivity index (χ1) is 15.8. The number of aromatic nitrogens is 6. The van der Waals surface area contributed by atoms with Crippen LogP contribution in [0.5, 0.6) is 0 Å². The Balaban J connectivity index is 1.29. The summed E-state index contributed by atoms with van der Waals surface area (Å²) < 4.78 is 12.9. The van der Waals surface area contributed by atoms with E-state index in [0.29, 0.717) is 18.1 Å². The average Bonchev–Trinajstić information content (AvgIpc) is 3.57. The first-order valence-corrected chi connectivity index (χ1v) is 11.2. The normalized spacial score (nSPS) is 11.2. The molecular weight excluding hydrogens is 424 g/mol. The molecule has 0 N–H and O–H groups in total. The van der Waals surface area contributed by atoms with E-state index in [4.69, 9.17) is 8.94 Å². The van der Waals surface area contributed by atoms with E-state index >= 15 is 0 Å². The number of hydrogen-bond donors (Lipinski definition) is 0. The fourth-order valence-corrected chi connectivity index (χ4v) is 4.22. The molecule has 0 bridgehead atoms. The number of benzene rings is 1. The van der Waals surface area contributed by atoms with Gasteiger partial charge in [-0.1, -0.05) is 35.1 Å². The van der Waals surface area contributed by atoms with Crippen LogP contribution in [-0.2, 0) is 6.42 Å². The lowest BCUT2D eigenvalue weighted by Crippen LogP contribution is -2.00. The zero-order valence-electron chi connectivity index (χ0n) is 17.4. The van der Waals surface area contributed by atoms with Crippen molar-refractivity contribution in [2.75, 3.05) is 5.75 Å². The lowest BCUT2D eigenvalue weighted by atomic mass is 10.2. The van der Waals surface area contributed by atoms with Crippen LogP contribution in [-0.4, -0.2) is 35.6 Å². The Kier molecular flexibility index (Phi) is 5.80. The number of pyridine rings is 1. The van der Waals surface area contributed by atoms with E-state index in [1.54, 1.807) is 30.4 Å². The van der Waals surface area contributed by atoms with Gasteiger partial charge in [-0.15, -0.1) is 10.2 Å². The summed E-state index contributed by atoms with van der Waals surface area (Å²) >= 11 is 1.65. The Bertz CT molecular complexity index is 1300. The van der Waals surface area contributed by atoms with E-state index < -0.39 is 0 Å². The molecular formula is C23H20N6O2S. The van der Waals surface area contributed by atoms with Gasteiger partial charge < -0.3 is 8.94 Å². The van der Waals surface area contributed by atoms with Crippen LogP contribution in [0.15, 0.2) is 81.3 Å². The molecule has 4 heterocycles. The molecule has 32 heavy (non-hydrogen) atoms. The van der Waals surface area contributed by atoms with Crippen LogP contribution in [0, 0.1) is 6.92 Å². The number of furan rings is 1. The Morgan fingerprint density at radius 3 is 2.62 bits per heavy atom. The monoisotopic (exact) mass is 444 g/mol. The van der Waals surface area contributed by atoms with Crippen molar-refractivity contribution in [3.63, 3.8) is 0 Å². The fraction of sp³-hybridized carbons (Fsp3) is 0.174. The van der Waals surface area contributed by atoms with Crippen LogP contribution in [0.2, 0.25) is 0 Å². The maximum absolute atomic E-state index is 5.49. The van der Waals surface area contributed by atoms with Crippen molar-refractivity contribution >= 4 is 11.8 Å². The van der Waals surface area contributed by atoms with Gasteiger partial charge in [0.2, 0.25) is 11.7 Å². The Morgan fingerprint density at radius 2 is 1.84 bits per heavy atom. The first kappa shape index (κ1) is 20.2. The molecule has 0 radical (unpaired) electrons. The maximum Gasteiger partial charge on any atom is 0.226 e. The highest BCUT2D eigenvalue weighted by atomic mass is 32.2. The molecule has 4 aromatic heterocycles. The predicted octanol–water partition coefficient (Wildman–Crippen LogP) is 5.01. The van der Waals surface area contributed by atoms with Crippen molar-refractivity contribution < 1.29 is 8.94 Å². The minimum atomic E-state index is 0.582. The number of aryl methyl sites for hydroxylation is 2. The Labute approximate surface area is 188 Å². The quantitative estimate of drug-likeness (QED) is 0.244. The summed E-state index contributed by atoms with van der Waals surface area (Å²) in [5.74, 6) is 3.62. The SMILES string of the molecule is Cc1occc1-c1nnc(SCCCc2nc(-c3ccncc3)no2)n1-c1ccccc1. The molecule has 5 rings (SSSR count). The third kappa shape index (κ3) is 4.19. The number of thioether (sulfide) groups is 1. The Hall–Kier alpha value is -3.72. The summed E-state index contributed by atoms with van der Waals surface area (Å²) in [5.41, 5.74) is 2.83. The summed E-state index contributed by atoms with van der Waals surface area (Å²) in [6.07, 6.45) is 6.66. The van der Waals surface area contributed by atoms with Crippen LogP contribution >= 0.6 is 11.8 Å². The van der Waals surface area contributed by atoms with Gasteiger partial charge in [0.05, 0.1) is 11.8 Å². The van der Waals surface area contributed by atoms with Crippen LogP contribution in [0.4, 0.5) is 0 Å². The number of rotatable bonds is 8. The van der Waals surface area contributed by atoms with Crippen molar-refractivity contribution in [2.24, 2.45) is 0 Å². The lowest BCUT2D eigenvalue weighted by molar-refractivity contribution is 0.378. The fourth-order valence-electron chi connectivity index (χ4n) is 3.33. The molecule has 0 saturated heterocycles. The van der Waals surface area contributed by atoms with Gasteiger partial charge in [0.15, 0.2) is 11.0 Å². The average molecular weight is 445 g/mol. The van der Waals surface area contributed by atoms with Crippen LogP contribution < -0.4 is 0 Å². The summed E-state index contributed by atoms with van der Waals surface area (Å²) in [6, 6.07) is 15.7. The van der Waals surface area contributed by atoms with Crippen LogP contribution in [0.25, 0.3) is 28.5 Å². The molecule has 0 aliphatic rings. The van der Waals surface area contributed by atoms with Gasteiger partial charge >= 0.3 is 0 Å². The smallest absolute Gasteiger partial charge is 0.226 e. The van der Waals surface area contributed by atoms with Gasteiger partial charge in [0, 0.05) is 35.8 Å². The maximum atomic E-state index is 5.49. The van der Waals surface area contributed by atoms with Crippen LogP contribution in [0.3, 0.4) is 0 Å². The second-order valence-electron chi connectivity index (χ2n) is 7.07. The molecule has 0 saturated carbocycles. The van der Waals surface area contributed by atoms with Gasteiger partial charge in [-0.2, -0.15) is 4.98 Å². The van der Waals surface area contributed by atoms with Crippen molar-refractivity contribution in [1.82, 2.24) is 29.9 Å². The van der Waals surface area contributed by atoms with Crippen molar-refractivity contribution in [3.05, 3.63) is 78.8 Å². The van der Waals surface area contributed by atoms with Gasteiger partial charge in [-0.25, -0.2) is 0 Å². The molecule has 5 aromatic rings. The van der Waals surface area contributed by atoms with Gasteiger partial charge in [0.25, 0.3) is 0 Å². The first-order valence-electron chi connectivity index (χ1n) is 10.2. The summed E-state index contributed by atoms with van der Waals surface area (Å²) in [4.78, 5) is 8.49. The molecule has 1 aromatic carbocycles. The standard InChI is InChI=1S/C23H20N6O2S/c1-16-19(11-14-30-16)22-26-27-23(29(22)18-6-3-2-4-7-18)32-15-5-8-20-25-21(28-31-20)17-9-12-24-13-10-17/h2-4,6-7,9-14H,5,8,15H2,1H3. The van der Waals surface area contributed by atoms with E-state index in [9.17, 15) is 0 Å². The second kappa shape index (κ2) is 9.19. The van der Waals surface area contributed by atoms with E-state index in [-0.39, 0.29) is 0 Å². The highest BCUT2D eigenvalue weighted by molar-refractivity contribution is 7.99. The molecule has 0 aliphatic heterocycles. The number of para-hydroxylation sites is 1. The Morgan fingerprint density at radius 1 is 1.00 bits per heavy atom. The zero-order chi connectivity index (χ0) is 21.8. The van der Waals surface area contributed by atoms with Gasteiger partial charge in [-0.3, -0.25) is 9.55 Å².